The van der Waals surface area contributed by atoms with Gasteiger partial charge in [-0.2, -0.15) is 0 Å². The van der Waals surface area contributed by atoms with Crippen molar-refractivity contribution in [3.05, 3.63) is 78.2 Å². The van der Waals surface area contributed by atoms with Crippen molar-refractivity contribution in [2.75, 3.05) is 25.5 Å². The Hall–Kier alpha value is -3.25. The lowest BCUT2D eigenvalue weighted by atomic mass is 9.61. The van der Waals surface area contributed by atoms with E-state index in [2.05, 4.69) is 27.2 Å². The quantitative estimate of drug-likeness (QED) is 0.608. The molecule has 1 saturated heterocycles. The van der Waals surface area contributed by atoms with Gasteiger partial charge in [0.15, 0.2) is 0 Å². The van der Waals surface area contributed by atoms with Gasteiger partial charge in [-0.3, -0.25) is 5.41 Å². The standard InChI is InChI=1S/C24H25N5O/c1-29-14-24(15-29)11-18(12-24)28-23-21(13-26-16-27-23)22(25)17-7-9-20(10-8-17)30-19-5-3-2-4-6-19/h2-10,13,16,18,25H,11-12,14-15H2,1H3,(H,26,27,28). The molecule has 0 unspecified atom stereocenters. The molecule has 0 atom stereocenters. The number of hydrogen-bond donors (Lipinski definition) is 2. The maximum atomic E-state index is 8.71. The Morgan fingerprint density at radius 1 is 1.07 bits per heavy atom. The van der Waals surface area contributed by atoms with Crippen LogP contribution in [0.1, 0.15) is 24.0 Å². The summed E-state index contributed by atoms with van der Waals surface area (Å²) in [7, 11) is 2.17. The third-order valence-electron chi connectivity index (χ3n) is 6.01. The van der Waals surface area contributed by atoms with E-state index in [9.17, 15) is 0 Å². The van der Waals surface area contributed by atoms with Crippen LogP contribution in [-0.4, -0.2) is 46.8 Å². The average Bonchev–Trinajstić information content (AvgIpc) is 2.72. The van der Waals surface area contributed by atoms with E-state index < -0.39 is 0 Å². The lowest BCUT2D eigenvalue weighted by Gasteiger charge is -2.58. The molecular formula is C24H25N5O. The van der Waals surface area contributed by atoms with Gasteiger partial charge in [-0.1, -0.05) is 18.2 Å². The molecule has 2 heterocycles. The zero-order chi connectivity index (χ0) is 20.6. The molecule has 1 aromatic heterocycles. The van der Waals surface area contributed by atoms with E-state index >= 15 is 0 Å². The van der Waals surface area contributed by atoms with Crippen LogP contribution in [-0.2, 0) is 0 Å². The van der Waals surface area contributed by atoms with Crippen LogP contribution < -0.4 is 10.1 Å². The van der Waals surface area contributed by atoms with Gasteiger partial charge in [-0.25, -0.2) is 9.97 Å². The minimum absolute atomic E-state index is 0.404. The molecule has 2 fully saturated rings. The predicted octanol–water partition coefficient (Wildman–Crippen LogP) is 4.19. The third-order valence-corrected chi connectivity index (χ3v) is 6.01. The molecule has 6 heteroatoms. The fourth-order valence-electron chi connectivity index (χ4n) is 4.74. The molecule has 2 aromatic carbocycles. The SMILES string of the molecule is CN1CC2(CC(Nc3ncncc3C(=N)c3ccc(Oc4ccccc4)cc3)C2)C1. The van der Waals surface area contributed by atoms with Gasteiger partial charge in [0.25, 0.3) is 0 Å². The van der Waals surface area contributed by atoms with Gasteiger partial charge in [0.2, 0.25) is 0 Å². The van der Waals surface area contributed by atoms with E-state index in [-0.39, 0.29) is 0 Å². The highest BCUT2D eigenvalue weighted by Crippen LogP contribution is 2.48. The summed E-state index contributed by atoms with van der Waals surface area (Å²) in [5, 5.41) is 12.3. The topological polar surface area (TPSA) is 74.1 Å². The second kappa shape index (κ2) is 7.54. The molecule has 1 saturated carbocycles. The molecule has 6 nitrogen and oxygen atoms in total. The summed E-state index contributed by atoms with van der Waals surface area (Å²) in [5.41, 5.74) is 2.43. The van der Waals surface area contributed by atoms with E-state index in [4.69, 9.17) is 10.1 Å². The largest absolute Gasteiger partial charge is 0.457 e. The Labute approximate surface area is 176 Å². The van der Waals surface area contributed by atoms with E-state index in [0.29, 0.717) is 17.2 Å². The van der Waals surface area contributed by atoms with Gasteiger partial charge in [0.05, 0.1) is 11.3 Å². The van der Waals surface area contributed by atoms with Crippen molar-refractivity contribution in [1.29, 1.82) is 5.41 Å². The monoisotopic (exact) mass is 399 g/mol. The van der Waals surface area contributed by atoms with Crippen molar-refractivity contribution in [1.82, 2.24) is 14.9 Å². The highest BCUT2D eigenvalue weighted by Gasteiger charge is 2.51. The molecule has 0 bridgehead atoms. The molecule has 3 aromatic rings. The van der Waals surface area contributed by atoms with Gasteiger partial charge in [0.1, 0.15) is 23.6 Å². The summed E-state index contributed by atoms with van der Waals surface area (Å²) in [4.78, 5) is 11.0. The number of benzene rings is 2. The fourth-order valence-corrected chi connectivity index (χ4v) is 4.74. The van der Waals surface area contributed by atoms with Crippen molar-refractivity contribution >= 4 is 11.5 Å². The van der Waals surface area contributed by atoms with Gasteiger partial charge < -0.3 is 15.0 Å². The first-order valence-corrected chi connectivity index (χ1v) is 10.3. The number of hydrogen-bond acceptors (Lipinski definition) is 6. The molecular weight excluding hydrogens is 374 g/mol. The number of aromatic nitrogens is 2. The molecule has 152 valence electrons. The van der Waals surface area contributed by atoms with Crippen molar-refractivity contribution in [2.45, 2.75) is 18.9 Å². The van der Waals surface area contributed by atoms with Gasteiger partial charge in [-0.15, -0.1) is 0 Å². The van der Waals surface area contributed by atoms with E-state index in [1.54, 1.807) is 12.5 Å². The van der Waals surface area contributed by atoms with Crippen LogP contribution in [0.15, 0.2) is 67.1 Å². The van der Waals surface area contributed by atoms with E-state index in [1.807, 2.05) is 54.6 Å². The number of ether oxygens (including phenoxy) is 1. The molecule has 1 aliphatic heterocycles. The Morgan fingerprint density at radius 2 is 1.77 bits per heavy atom. The third kappa shape index (κ3) is 3.66. The summed E-state index contributed by atoms with van der Waals surface area (Å²) in [6.45, 7) is 2.38. The van der Waals surface area contributed by atoms with Gasteiger partial charge >= 0.3 is 0 Å². The zero-order valence-electron chi connectivity index (χ0n) is 17.0. The Balaban J connectivity index is 1.27. The first-order valence-electron chi connectivity index (χ1n) is 10.3. The molecule has 5 rings (SSSR count). The molecule has 0 radical (unpaired) electrons. The normalized spacial score (nSPS) is 17.8. The summed E-state index contributed by atoms with van der Waals surface area (Å²) in [6, 6.07) is 17.7. The van der Waals surface area contributed by atoms with Crippen LogP contribution in [0.4, 0.5) is 5.82 Å². The fraction of sp³-hybridized carbons (Fsp3) is 0.292. The van der Waals surface area contributed by atoms with Crippen LogP contribution >= 0.6 is 0 Å². The smallest absolute Gasteiger partial charge is 0.139 e. The maximum Gasteiger partial charge on any atom is 0.139 e. The first kappa shape index (κ1) is 18.8. The molecule has 1 spiro atoms. The number of rotatable bonds is 6. The number of para-hydroxylation sites is 1. The van der Waals surface area contributed by atoms with Crippen LogP contribution in [0.3, 0.4) is 0 Å². The minimum Gasteiger partial charge on any atom is -0.457 e. The maximum absolute atomic E-state index is 8.71. The lowest BCUT2D eigenvalue weighted by Crippen LogP contribution is -2.63. The molecule has 30 heavy (non-hydrogen) atoms. The van der Waals surface area contributed by atoms with Crippen LogP contribution in [0.5, 0.6) is 11.5 Å². The minimum atomic E-state index is 0.404. The van der Waals surface area contributed by atoms with E-state index in [0.717, 1.165) is 28.4 Å². The Kier molecular flexibility index (Phi) is 4.71. The zero-order valence-corrected chi connectivity index (χ0v) is 17.0. The van der Waals surface area contributed by atoms with Gasteiger partial charge in [-0.05, 0) is 61.7 Å². The first-order chi connectivity index (χ1) is 14.6. The second-order valence-electron chi connectivity index (χ2n) is 8.52. The number of anilines is 1. The molecule has 2 aliphatic rings. The highest BCUT2D eigenvalue weighted by atomic mass is 16.5. The van der Waals surface area contributed by atoms with Crippen LogP contribution in [0.2, 0.25) is 0 Å². The molecule has 0 amide bonds. The summed E-state index contributed by atoms with van der Waals surface area (Å²) < 4.78 is 5.85. The van der Waals surface area contributed by atoms with E-state index in [1.165, 1.54) is 25.9 Å². The van der Waals surface area contributed by atoms with Gasteiger partial charge in [0, 0.05) is 30.9 Å². The number of nitrogens with one attached hydrogen (secondary N) is 2. The van der Waals surface area contributed by atoms with Crippen molar-refractivity contribution in [2.24, 2.45) is 5.41 Å². The lowest BCUT2D eigenvalue weighted by molar-refractivity contribution is -0.0513. The highest BCUT2D eigenvalue weighted by molar-refractivity contribution is 6.13. The second-order valence-corrected chi connectivity index (χ2v) is 8.52. The van der Waals surface area contributed by atoms with Crippen molar-refractivity contribution < 1.29 is 4.74 Å². The summed E-state index contributed by atoms with van der Waals surface area (Å²) >= 11 is 0. The summed E-state index contributed by atoms with van der Waals surface area (Å²) in [6.07, 6.45) is 5.60. The van der Waals surface area contributed by atoms with Crippen LogP contribution in [0.25, 0.3) is 0 Å². The van der Waals surface area contributed by atoms with Crippen molar-refractivity contribution in [3.8, 4) is 11.5 Å². The molecule has 1 aliphatic carbocycles. The predicted molar refractivity (Wildman–Crippen MR) is 117 cm³/mol. The molecule has 2 N–H and O–H groups in total. The number of likely N-dealkylation sites (tertiary alicyclic amines) is 1. The summed E-state index contributed by atoms with van der Waals surface area (Å²) in [5.74, 6) is 2.27. The average molecular weight is 399 g/mol. The number of nitrogens with zero attached hydrogens (tertiary/aromatic N) is 3. The Bertz CT molecular complexity index is 1040. The van der Waals surface area contributed by atoms with Crippen LogP contribution in [0, 0.1) is 10.8 Å². The Morgan fingerprint density at radius 3 is 2.47 bits per heavy atom. The van der Waals surface area contributed by atoms with Crippen molar-refractivity contribution in [3.63, 3.8) is 0 Å².